The minimum Gasteiger partial charge on any atom is -0.390 e. The molecule has 33 heavy (non-hydrogen) atoms. The molecular weight excluding hydrogens is 440 g/mol. The zero-order valence-electron chi connectivity index (χ0n) is 20.8. The molecule has 0 amide bonds. The van der Waals surface area contributed by atoms with Gasteiger partial charge in [-0.05, 0) is 97.7 Å². The standard InChI is InChI=1S/C26H46O6S/c1-17(7-6-14-32-15-16-33(29,30)31)18-9-10-19-22-20(11-13-26(18,19)3)25(2)12-5-4-8-21(25)23(27)24(22)28/h17-24,27-28H,4-16H2,1-3H3,(H,29,30,31). The van der Waals surface area contributed by atoms with Crippen LogP contribution < -0.4 is 0 Å². The molecule has 4 aliphatic carbocycles. The Kier molecular flexibility index (Phi) is 7.59. The number of aliphatic hydroxyl groups is 2. The van der Waals surface area contributed by atoms with Crippen molar-refractivity contribution in [3.05, 3.63) is 0 Å². The normalized spacial score (nSPS) is 46.3. The zero-order valence-corrected chi connectivity index (χ0v) is 21.6. The van der Waals surface area contributed by atoms with E-state index >= 15 is 0 Å². The van der Waals surface area contributed by atoms with Crippen LogP contribution in [0, 0.1) is 46.3 Å². The largest absolute Gasteiger partial charge is 0.390 e. The van der Waals surface area contributed by atoms with Crippen molar-refractivity contribution < 1.29 is 27.9 Å². The maximum absolute atomic E-state index is 11.4. The van der Waals surface area contributed by atoms with Crippen LogP contribution in [0.1, 0.15) is 85.0 Å². The SMILES string of the molecule is CC(CCCOCCS(=O)(=O)O)C1CCC2C3C(O)C(O)C4CCCCC4(C)C3CCC12C. The number of fused-ring (bicyclic) bond motifs is 5. The van der Waals surface area contributed by atoms with Crippen LogP contribution in [0.2, 0.25) is 0 Å². The minimum atomic E-state index is -3.96. The smallest absolute Gasteiger partial charge is 0.267 e. The Bertz CT molecular complexity index is 786. The van der Waals surface area contributed by atoms with Gasteiger partial charge in [0.2, 0.25) is 0 Å². The van der Waals surface area contributed by atoms with Gasteiger partial charge in [0.25, 0.3) is 10.1 Å². The van der Waals surface area contributed by atoms with E-state index in [1.807, 2.05) is 0 Å². The first-order valence-corrected chi connectivity index (χ1v) is 15.0. The Hall–Kier alpha value is -0.210. The lowest BCUT2D eigenvalue weighted by Crippen LogP contribution is -2.63. The maximum atomic E-state index is 11.4. The molecule has 0 aromatic carbocycles. The van der Waals surface area contributed by atoms with Gasteiger partial charge in [-0.2, -0.15) is 8.42 Å². The predicted molar refractivity (Wildman–Crippen MR) is 128 cm³/mol. The Morgan fingerprint density at radius 2 is 1.64 bits per heavy atom. The monoisotopic (exact) mass is 486 g/mol. The van der Waals surface area contributed by atoms with Crippen LogP contribution in [0.25, 0.3) is 0 Å². The molecule has 0 bridgehead atoms. The van der Waals surface area contributed by atoms with Gasteiger partial charge in [0.15, 0.2) is 0 Å². The van der Waals surface area contributed by atoms with Crippen molar-refractivity contribution in [3.8, 4) is 0 Å². The number of rotatable bonds is 8. The first-order valence-electron chi connectivity index (χ1n) is 13.4. The van der Waals surface area contributed by atoms with E-state index < -0.39 is 22.3 Å². The maximum Gasteiger partial charge on any atom is 0.267 e. The first kappa shape index (κ1) is 25.9. The summed E-state index contributed by atoms with van der Waals surface area (Å²) in [6.07, 6.45) is 10.2. The predicted octanol–water partition coefficient (Wildman–Crippen LogP) is 4.30. The van der Waals surface area contributed by atoms with Gasteiger partial charge in [-0.15, -0.1) is 0 Å². The third kappa shape index (κ3) is 4.78. The fourth-order valence-corrected chi connectivity index (χ4v) is 9.59. The summed E-state index contributed by atoms with van der Waals surface area (Å²) < 4.78 is 35.8. The molecule has 0 aromatic heterocycles. The molecule has 10 unspecified atom stereocenters. The van der Waals surface area contributed by atoms with Gasteiger partial charge in [0.1, 0.15) is 0 Å². The molecular formula is C26H46O6S. The number of hydrogen-bond donors (Lipinski definition) is 3. The van der Waals surface area contributed by atoms with Crippen molar-refractivity contribution in [1.82, 2.24) is 0 Å². The molecule has 0 aliphatic heterocycles. The molecule has 0 spiro atoms. The second kappa shape index (κ2) is 9.68. The number of aliphatic hydroxyl groups excluding tert-OH is 2. The Labute approximate surface area is 200 Å². The van der Waals surface area contributed by atoms with E-state index in [0.717, 1.165) is 25.7 Å². The zero-order chi connectivity index (χ0) is 24.0. The summed E-state index contributed by atoms with van der Waals surface area (Å²) in [7, 11) is -3.96. The van der Waals surface area contributed by atoms with E-state index in [1.165, 1.54) is 38.5 Å². The van der Waals surface area contributed by atoms with Gasteiger partial charge in [-0.25, -0.2) is 0 Å². The molecule has 192 valence electrons. The lowest BCUT2D eigenvalue weighted by Gasteiger charge is -2.63. The van der Waals surface area contributed by atoms with Gasteiger partial charge in [-0.1, -0.05) is 33.6 Å². The third-order valence-electron chi connectivity index (χ3n) is 10.9. The molecule has 0 radical (unpaired) electrons. The minimum absolute atomic E-state index is 0.0411. The molecule has 7 heteroatoms. The molecule has 4 aliphatic rings. The summed E-state index contributed by atoms with van der Waals surface area (Å²) in [4.78, 5) is 0. The lowest BCUT2D eigenvalue weighted by molar-refractivity contribution is -0.215. The Morgan fingerprint density at radius 3 is 2.36 bits per heavy atom. The fourth-order valence-electron chi connectivity index (χ4n) is 9.26. The van der Waals surface area contributed by atoms with Crippen LogP contribution in [-0.2, 0) is 14.9 Å². The molecule has 4 saturated carbocycles. The summed E-state index contributed by atoms with van der Waals surface area (Å²) in [6.45, 7) is 7.77. The summed E-state index contributed by atoms with van der Waals surface area (Å²) in [5.41, 5.74) is 0.386. The highest BCUT2D eigenvalue weighted by Gasteiger charge is 2.64. The van der Waals surface area contributed by atoms with E-state index in [0.29, 0.717) is 30.3 Å². The summed E-state index contributed by atoms with van der Waals surface area (Å²) in [5, 5.41) is 22.5. The molecule has 4 rings (SSSR count). The molecule has 3 N–H and O–H groups in total. The molecule has 6 nitrogen and oxygen atoms in total. The van der Waals surface area contributed by atoms with E-state index in [4.69, 9.17) is 9.29 Å². The quantitative estimate of drug-likeness (QED) is 0.349. The second-order valence-electron chi connectivity index (χ2n) is 12.4. The highest BCUT2D eigenvalue weighted by atomic mass is 32.2. The van der Waals surface area contributed by atoms with Crippen molar-refractivity contribution >= 4 is 10.1 Å². The topological polar surface area (TPSA) is 104 Å². The van der Waals surface area contributed by atoms with Gasteiger partial charge >= 0.3 is 0 Å². The Balaban J connectivity index is 1.39. The second-order valence-corrected chi connectivity index (χ2v) is 13.9. The van der Waals surface area contributed by atoms with Gasteiger partial charge < -0.3 is 14.9 Å². The molecule has 4 fully saturated rings. The molecule has 0 heterocycles. The number of hydrogen-bond acceptors (Lipinski definition) is 5. The average Bonchev–Trinajstić information content (AvgIpc) is 3.10. The van der Waals surface area contributed by atoms with Crippen LogP contribution >= 0.6 is 0 Å². The van der Waals surface area contributed by atoms with Crippen molar-refractivity contribution in [2.45, 2.75) is 97.2 Å². The molecule has 0 aromatic rings. The lowest BCUT2D eigenvalue weighted by atomic mass is 9.43. The summed E-state index contributed by atoms with van der Waals surface area (Å²) in [5.74, 6) is 2.31. The molecule has 10 atom stereocenters. The van der Waals surface area contributed by atoms with Gasteiger partial charge in [-0.3, -0.25) is 4.55 Å². The van der Waals surface area contributed by atoms with Gasteiger partial charge in [0, 0.05) is 6.61 Å². The third-order valence-corrected chi connectivity index (χ3v) is 11.5. The van der Waals surface area contributed by atoms with Crippen molar-refractivity contribution in [1.29, 1.82) is 0 Å². The van der Waals surface area contributed by atoms with Crippen LogP contribution in [0.4, 0.5) is 0 Å². The van der Waals surface area contributed by atoms with Crippen LogP contribution in [-0.4, -0.2) is 54.4 Å². The highest BCUT2D eigenvalue weighted by Crippen LogP contribution is 2.68. The average molecular weight is 487 g/mol. The Morgan fingerprint density at radius 1 is 0.909 bits per heavy atom. The van der Waals surface area contributed by atoms with E-state index in [2.05, 4.69) is 20.8 Å². The van der Waals surface area contributed by atoms with Gasteiger partial charge in [0.05, 0.1) is 24.6 Å². The fraction of sp³-hybridized carbons (Fsp3) is 1.00. The number of ether oxygens (including phenoxy) is 1. The highest BCUT2D eigenvalue weighted by molar-refractivity contribution is 7.85. The van der Waals surface area contributed by atoms with Crippen LogP contribution in [0.3, 0.4) is 0 Å². The van der Waals surface area contributed by atoms with Crippen molar-refractivity contribution in [2.75, 3.05) is 19.0 Å². The van der Waals surface area contributed by atoms with Crippen molar-refractivity contribution in [2.24, 2.45) is 46.3 Å². The van der Waals surface area contributed by atoms with E-state index in [9.17, 15) is 18.6 Å². The molecule has 0 saturated heterocycles. The van der Waals surface area contributed by atoms with Crippen LogP contribution in [0.5, 0.6) is 0 Å². The van der Waals surface area contributed by atoms with E-state index in [-0.39, 0.29) is 35.0 Å². The van der Waals surface area contributed by atoms with Crippen LogP contribution in [0.15, 0.2) is 0 Å². The van der Waals surface area contributed by atoms with Crippen molar-refractivity contribution in [3.63, 3.8) is 0 Å². The first-order chi connectivity index (χ1) is 15.5. The summed E-state index contributed by atoms with van der Waals surface area (Å²) >= 11 is 0. The van der Waals surface area contributed by atoms with E-state index in [1.54, 1.807) is 0 Å². The summed E-state index contributed by atoms with van der Waals surface area (Å²) in [6, 6.07) is 0.